The van der Waals surface area contributed by atoms with E-state index >= 15 is 0 Å². The van der Waals surface area contributed by atoms with Gasteiger partial charge in [0.25, 0.3) is 0 Å². The first-order valence-electron chi connectivity index (χ1n) is 4.92. The summed E-state index contributed by atoms with van der Waals surface area (Å²) in [7, 11) is 0. The number of hydrogen-bond acceptors (Lipinski definition) is 1. The summed E-state index contributed by atoms with van der Waals surface area (Å²) in [6, 6.07) is 11.1. The maximum atomic E-state index is 3.48. The van der Waals surface area contributed by atoms with Crippen LogP contribution in [0.25, 0.3) is 10.4 Å². The maximum absolute atomic E-state index is 3.48. The molecule has 0 aliphatic carbocycles. The Hall–Kier alpha value is -0.600. The van der Waals surface area contributed by atoms with Crippen LogP contribution in [0.2, 0.25) is 0 Å². The minimum atomic E-state index is 0.947. The average Bonchev–Trinajstić information content (AvgIpc) is 2.64. The van der Waals surface area contributed by atoms with Crippen LogP contribution in [-0.2, 0) is 5.33 Å². The van der Waals surface area contributed by atoms with E-state index in [2.05, 4.69) is 60.1 Å². The monoisotopic (exact) mass is 280 g/mol. The highest BCUT2D eigenvalue weighted by Crippen LogP contribution is 2.30. The van der Waals surface area contributed by atoms with Gasteiger partial charge in [0.05, 0.1) is 0 Å². The van der Waals surface area contributed by atoms with Crippen molar-refractivity contribution in [2.75, 3.05) is 0 Å². The van der Waals surface area contributed by atoms with Crippen molar-refractivity contribution in [2.45, 2.75) is 19.2 Å². The minimum absolute atomic E-state index is 0.947. The van der Waals surface area contributed by atoms with Crippen LogP contribution in [0.5, 0.6) is 0 Å². The first-order chi connectivity index (χ1) is 7.19. The largest absolute Gasteiger partial charge is 0.139 e. The fourth-order valence-corrected chi connectivity index (χ4v) is 3.10. The number of benzene rings is 1. The molecule has 0 unspecified atom stereocenters. The molecule has 0 saturated carbocycles. The summed E-state index contributed by atoms with van der Waals surface area (Å²) in [6.07, 6.45) is 0. The molecule has 0 saturated heterocycles. The number of rotatable bonds is 2. The summed E-state index contributed by atoms with van der Waals surface area (Å²) in [4.78, 5) is 2.74. The molecule has 1 heterocycles. The van der Waals surface area contributed by atoms with Crippen LogP contribution < -0.4 is 0 Å². The second kappa shape index (κ2) is 4.50. The van der Waals surface area contributed by atoms with Gasteiger partial charge in [-0.15, -0.1) is 11.3 Å². The molecule has 1 aromatic heterocycles. The molecule has 78 valence electrons. The Morgan fingerprint density at radius 2 is 1.73 bits per heavy atom. The van der Waals surface area contributed by atoms with E-state index in [1.807, 2.05) is 11.3 Å². The van der Waals surface area contributed by atoms with Gasteiger partial charge in [-0.2, -0.15) is 0 Å². The maximum Gasteiger partial charge on any atom is 0.0377 e. The van der Waals surface area contributed by atoms with E-state index in [1.165, 1.54) is 26.4 Å². The highest BCUT2D eigenvalue weighted by molar-refractivity contribution is 9.08. The number of alkyl halides is 1. The van der Waals surface area contributed by atoms with Gasteiger partial charge in [-0.1, -0.05) is 45.3 Å². The predicted octanol–water partition coefficient (Wildman–Crippen LogP) is 4.93. The molecule has 0 N–H and O–H groups in total. The number of halogens is 1. The van der Waals surface area contributed by atoms with Crippen LogP contribution in [0, 0.1) is 13.8 Å². The van der Waals surface area contributed by atoms with Crippen molar-refractivity contribution in [3.63, 3.8) is 0 Å². The van der Waals surface area contributed by atoms with Crippen LogP contribution in [0.1, 0.15) is 16.0 Å². The van der Waals surface area contributed by atoms with E-state index in [0.717, 1.165) is 5.33 Å². The zero-order chi connectivity index (χ0) is 10.8. The van der Waals surface area contributed by atoms with E-state index in [1.54, 1.807) is 0 Å². The molecular weight excluding hydrogens is 268 g/mol. The summed E-state index contributed by atoms with van der Waals surface area (Å²) in [6.45, 7) is 4.30. The van der Waals surface area contributed by atoms with E-state index in [9.17, 15) is 0 Å². The number of thiophene rings is 1. The topological polar surface area (TPSA) is 0 Å². The van der Waals surface area contributed by atoms with E-state index in [4.69, 9.17) is 0 Å². The van der Waals surface area contributed by atoms with Gasteiger partial charge in [-0.3, -0.25) is 0 Å². The Morgan fingerprint density at radius 1 is 1.07 bits per heavy atom. The molecule has 1 aromatic carbocycles. The highest BCUT2D eigenvalue weighted by atomic mass is 79.9. The molecule has 0 fully saturated rings. The van der Waals surface area contributed by atoms with Gasteiger partial charge >= 0.3 is 0 Å². The van der Waals surface area contributed by atoms with Gasteiger partial charge in [0, 0.05) is 15.1 Å². The summed E-state index contributed by atoms with van der Waals surface area (Å²) in [5.41, 5.74) is 4.00. The third-order valence-corrected chi connectivity index (χ3v) is 4.41. The van der Waals surface area contributed by atoms with Crippen molar-refractivity contribution in [1.29, 1.82) is 0 Å². The van der Waals surface area contributed by atoms with E-state index in [-0.39, 0.29) is 0 Å². The van der Waals surface area contributed by atoms with Gasteiger partial charge in [0.15, 0.2) is 0 Å². The molecule has 0 spiro atoms. The lowest BCUT2D eigenvalue weighted by Gasteiger charge is -2.02. The third-order valence-electron chi connectivity index (χ3n) is 2.30. The lowest BCUT2D eigenvalue weighted by molar-refractivity contribution is 1.39. The van der Waals surface area contributed by atoms with Crippen molar-refractivity contribution >= 4 is 27.3 Å². The van der Waals surface area contributed by atoms with Crippen LogP contribution in [0.4, 0.5) is 0 Å². The predicted molar refractivity (Wildman–Crippen MR) is 71.9 cm³/mol. The molecule has 2 rings (SSSR count). The van der Waals surface area contributed by atoms with E-state index in [0.29, 0.717) is 0 Å². The molecule has 15 heavy (non-hydrogen) atoms. The minimum Gasteiger partial charge on any atom is -0.139 e. The quantitative estimate of drug-likeness (QED) is 0.685. The zero-order valence-corrected chi connectivity index (χ0v) is 11.3. The van der Waals surface area contributed by atoms with Gasteiger partial charge in [0.2, 0.25) is 0 Å². The van der Waals surface area contributed by atoms with Crippen LogP contribution >= 0.6 is 27.3 Å². The third kappa shape index (κ3) is 2.50. The molecule has 0 amide bonds. The number of aryl methyl sites for hydroxylation is 2. The fraction of sp³-hybridized carbons (Fsp3) is 0.231. The van der Waals surface area contributed by atoms with Crippen molar-refractivity contribution in [2.24, 2.45) is 0 Å². The average molecular weight is 281 g/mol. The first kappa shape index (κ1) is 10.9. The Labute approximate surface area is 103 Å². The Bertz CT molecular complexity index is 451. The smallest absolute Gasteiger partial charge is 0.0377 e. The van der Waals surface area contributed by atoms with Crippen molar-refractivity contribution in [3.8, 4) is 10.4 Å². The SMILES string of the molecule is Cc1cc(C)cc(-c2ccc(CBr)s2)c1. The molecule has 0 nitrogen and oxygen atoms in total. The van der Waals surface area contributed by atoms with Gasteiger partial charge in [-0.05, 0) is 31.5 Å². The molecular formula is C13H13BrS. The van der Waals surface area contributed by atoms with Gasteiger partial charge < -0.3 is 0 Å². The summed E-state index contributed by atoms with van der Waals surface area (Å²) < 4.78 is 0. The number of hydrogen-bond donors (Lipinski definition) is 0. The summed E-state index contributed by atoms with van der Waals surface area (Å²) in [5, 5.41) is 0.947. The molecule has 0 bridgehead atoms. The second-order valence-electron chi connectivity index (χ2n) is 3.78. The summed E-state index contributed by atoms with van der Waals surface area (Å²) in [5.74, 6) is 0. The van der Waals surface area contributed by atoms with E-state index < -0.39 is 0 Å². The highest BCUT2D eigenvalue weighted by Gasteiger charge is 2.03. The standard InChI is InChI=1S/C13H13BrS/c1-9-5-10(2)7-11(6-9)13-4-3-12(8-14)15-13/h3-7H,8H2,1-2H3. The lowest BCUT2D eigenvalue weighted by Crippen LogP contribution is -1.79. The Morgan fingerprint density at radius 3 is 2.27 bits per heavy atom. The second-order valence-corrected chi connectivity index (χ2v) is 5.51. The van der Waals surface area contributed by atoms with Crippen molar-refractivity contribution < 1.29 is 0 Å². The summed E-state index contributed by atoms with van der Waals surface area (Å²) >= 11 is 5.34. The fourth-order valence-electron chi connectivity index (χ4n) is 1.72. The molecule has 0 aliphatic rings. The first-order valence-corrected chi connectivity index (χ1v) is 6.86. The van der Waals surface area contributed by atoms with Crippen molar-refractivity contribution in [1.82, 2.24) is 0 Å². The Balaban J connectivity index is 2.44. The molecule has 2 aromatic rings. The normalized spacial score (nSPS) is 10.6. The molecule has 0 atom stereocenters. The van der Waals surface area contributed by atoms with Crippen molar-refractivity contribution in [3.05, 3.63) is 46.3 Å². The lowest BCUT2D eigenvalue weighted by atomic mass is 10.1. The van der Waals surface area contributed by atoms with Gasteiger partial charge in [0.1, 0.15) is 0 Å². The zero-order valence-electron chi connectivity index (χ0n) is 8.88. The molecule has 2 heteroatoms. The Kier molecular flexibility index (Phi) is 3.27. The van der Waals surface area contributed by atoms with Crippen LogP contribution in [-0.4, -0.2) is 0 Å². The molecule has 0 radical (unpaired) electrons. The van der Waals surface area contributed by atoms with Crippen LogP contribution in [0.3, 0.4) is 0 Å². The molecule has 0 aliphatic heterocycles. The van der Waals surface area contributed by atoms with Gasteiger partial charge in [-0.25, -0.2) is 0 Å². The van der Waals surface area contributed by atoms with Crippen LogP contribution in [0.15, 0.2) is 30.3 Å².